The van der Waals surface area contributed by atoms with Gasteiger partial charge < -0.3 is 10.1 Å². The number of benzene rings is 2. The number of nitrogens with one attached hydrogen (secondary N) is 1. The van der Waals surface area contributed by atoms with Crippen molar-refractivity contribution < 1.29 is 23.1 Å². The summed E-state index contributed by atoms with van der Waals surface area (Å²) in [5.74, 6) is -2.85. The van der Waals surface area contributed by atoms with Gasteiger partial charge in [-0.2, -0.15) is 0 Å². The van der Waals surface area contributed by atoms with Crippen molar-refractivity contribution in [2.45, 2.75) is 13.0 Å². The number of rotatable bonds is 4. The zero-order valence-corrected chi connectivity index (χ0v) is 15.8. The molecule has 2 aromatic rings. The summed E-state index contributed by atoms with van der Waals surface area (Å²) < 4.78 is 31.6. The molecule has 0 fully saturated rings. The van der Waals surface area contributed by atoms with Crippen LogP contribution in [0.15, 0.2) is 59.8 Å². The van der Waals surface area contributed by atoms with Crippen LogP contribution in [0.4, 0.5) is 14.5 Å². The van der Waals surface area contributed by atoms with Crippen molar-refractivity contribution in [2.75, 3.05) is 12.0 Å². The number of halogens is 2. The number of allylic oxidation sites excluding steroid dienone is 1. The molecular formula is C20H16F2N2O3S. The molecule has 0 bridgehead atoms. The van der Waals surface area contributed by atoms with Gasteiger partial charge >= 0.3 is 5.97 Å². The number of ether oxygens (including phenoxy) is 1. The molecule has 0 unspecified atom stereocenters. The van der Waals surface area contributed by atoms with E-state index in [1.165, 1.54) is 47.4 Å². The van der Waals surface area contributed by atoms with E-state index in [0.717, 1.165) is 7.11 Å². The molecule has 0 aromatic heterocycles. The molecule has 28 heavy (non-hydrogen) atoms. The molecule has 3 rings (SSSR count). The SMILES string of the molecule is COC(=O)C(=O)C1=C(C)N(c2ccc(F)cc2)C(=S)N[C@H]1c1cccc(F)c1. The summed E-state index contributed by atoms with van der Waals surface area (Å²) in [6, 6.07) is 10.3. The molecule has 144 valence electrons. The van der Waals surface area contributed by atoms with Gasteiger partial charge in [-0.05, 0) is 61.1 Å². The molecule has 0 spiro atoms. The van der Waals surface area contributed by atoms with Crippen LogP contribution in [0.5, 0.6) is 0 Å². The summed E-state index contributed by atoms with van der Waals surface area (Å²) in [6.07, 6.45) is 0. The van der Waals surface area contributed by atoms with E-state index in [1.54, 1.807) is 13.0 Å². The van der Waals surface area contributed by atoms with E-state index in [4.69, 9.17) is 12.2 Å². The molecular weight excluding hydrogens is 386 g/mol. The van der Waals surface area contributed by atoms with E-state index in [-0.39, 0.29) is 10.7 Å². The summed E-state index contributed by atoms with van der Waals surface area (Å²) in [4.78, 5) is 26.2. The molecule has 5 nitrogen and oxygen atoms in total. The summed E-state index contributed by atoms with van der Waals surface area (Å²) in [5, 5.41) is 3.20. The number of esters is 1. The molecule has 8 heteroatoms. The van der Waals surface area contributed by atoms with Crippen LogP contribution < -0.4 is 10.2 Å². The fourth-order valence-corrected chi connectivity index (χ4v) is 3.44. The second kappa shape index (κ2) is 7.85. The minimum Gasteiger partial charge on any atom is -0.463 e. The molecule has 1 atom stereocenters. The third-order valence-electron chi connectivity index (χ3n) is 4.37. The minimum absolute atomic E-state index is 0.0652. The molecule has 0 saturated carbocycles. The molecule has 1 N–H and O–H groups in total. The summed E-state index contributed by atoms with van der Waals surface area (Å²) in [5.41, 5.74) is 1.35. The number of thiocarbonyl (C=S) groups is 1. The number of nitrogens with zero attached hydrogens (tertiary/aromatic N) is 1. The number of Topliss-reactive ketones (excluding diaryl/α,β-unsaturated/α-hetero) is 1. The van der Waals surface area contributed by atoms with Gasteiger partial charge in [-0.15, -0.1) is 0 Å². The quantitative estimate of drug-likeness (QED) is 0.481. The smallest absolute Gasteiger partial charge is 0.379 e. The summed E-state index contributed by atoms with van der Waals surface area (Å²) >= 11 is 5.43. The lowest BCUT2D eigenvalue weighted by Crippen LogP contribution is -2.48. The van der Waals surface area contributed by atoms with Crippen LogP contribution in [0.3, 0.4) is 0 Å². The number of hydrogen-bond acceptors (Lipinski definition) is 4. The second-order valence-electron chi connectivity index (χ2n) is 6.07. The number of carbonyl (C=O) groups is 2. The molecule has 1 aliphatic rings. The highest BCUT2D eigenvalue weighted by Crippen LogP contribution is 2.34. The van der Waals surface area contributed by atoms with Crippen molar-refractivity contribution in [2.24, 2.45) is 0 Å². The Hall–Kier alpha value is -3.13. The Morgan fingerprint density at radius 3 is 2.39 bits per heavy atom. The van der Waals surface area contributed by atoms with Crippen LogP contribution in [0.1, 0.15) is 18.5 Å². The van der Waals surface area contributed by atoms with Gasteiger partial charge in [0.2, 0.25) is 0 Å². The molecule has 0 amide bonds. The monoisotopic (exact) mass is 402 g/mol. The van der Waals surface area contributed by atoms with Crippen molar-refractivity contribution in [3.63, 3.8) is 0 Å². The molecule has 0 aliphatic carbocycles. The first-order chi connectivity index (χ1) is 13.3. The third-order valence-corrected chi connectivity index (χ3v) is 4.67. The van der Waals surface area contributed by atoms with E-state index in [0.29, 0.717) is 16.9 Å². The molecule has 0 saturated heterocycles. The summed E-state index contributed by atoms with van der Waals surface area (Å²) in [6.45, 7) is 1.61. The number of methoxy groups -OCH3 is 1. The van der Waals surface area contributed by atoms with Gasteiger partial charge in [0.15, 0.2) is 5.11 Å². The van der Waals surface area contributed by atoms with Gasteiger partial charge in [-0.1, -0.05) is 12.1 Å². The van der Waals surface area contributed by atoms with Crippen molar-refractivity contribution in [3.8, 4) is 0 Å². The van der Waals surface area contributed by atoms with Crippen molar-refractivity contribution in [3.05, 3.63) is 77.0 Å². The van der Waals surface area contributed by atoms with Crippen LogP contribution in [0.2, 0.25) is 0 Å². The number of anilines is 1. The predicted octanol–water partition coefficient (Wildman–Crippen LogP) is 3.42. The van der Waals surface area contributed by atoms with Crippen molar-refractivity contribution in [1.29, 1.82) is 0 Å². The first kappa shape index (κ1) is 19.6. The Labute approximate surface area is 165 Å². The Balaban J connectivity index is 2.17. The first-order valence-electron chi connectivity index (χ1n) is 8.28. The Bertz CT molecular complexity index is 989. The van der Waals surface area contributed by atoms with Crippen LogP contribution in [0.25, 0.3) is 0 Å². The number of carbonyl (C=O) groups excluding carboxylic acids is 2. The van der Waals surface area contributed by atoms with Crippen LogP contribution in [-0.4, -0.2) is 24.0 Å². The van der Waals surface area contributed by atoms with Crippen LogP contribution >= 0.6 is 12.2 Å². The first-order valence-corrected chi connectivity index (χ1v) is 8.69. The average molecular weight is 402 g/mol. The van der Waals surface area contributed by atoms with E-state index in [9.17, 15) is 18.4 Å². The maximum atomic E-state index is 13.7. The minimum atomic E-state index is -1.05. The lowest BCUT2D eigenvalue weighted by molar-refractivity contribution is -0.150. The van der Waals surface area contributed by atoms with Crippen LogP contribution in [0, 0.1) is 11.6 Å². The molecule has 1 aliphatic heterocycles. The third kappa shape index (κ3) is 3.63. The van der Waals surface area contributed by atoms with Gasteiger partial charge in [0.1, 0.15) is 11.6 Å². The zero-order chi connectivity index (χ0) is 20.4. The Morgan fingerprint density at radius 1 is 1.11 bits per heavy atom. The average Bonchev–Trinajstić information content (AvgIpc) is 2.68. The lowest BCUT2D eigenvalue weighted by atomic mass is 9.91. The largest absolute Gasteiger partial charge is 0.463 e. The van der Waals surface area contributed by atoms with Gasteiger partial charge in [0.25, 0.3) is 5.78 Å². The number of hydrogen-bond donors (Lipinski definition) is 1. The maximum Gasteiger partial charge on any atom is 0.379 e. The highest BCUT2D eigenvalue weighted by Gasteiger charge is 2.37. The second-order valence-corrected chi connectivity index (χ2v) is 6.46. The fraction of sp³-hybridized carbons (Fsp3) is 0.150. The standard InChI is InChI=1S/C20H16F2N2O3S/c1-11-16(18(25)19(26)27-2)17(12-4-3-5-14(22)10-12)23-20(28)24(11)15-8-6-13(21)7-9-15/h3-10,17H,1-2H3,(H,23,28)/t17-/m0/s1. The van der Waals surface area contributed by atoms with Crippen LogP contribution in [-0.2, 0) is 14.3 Å². The topological polar surface area (TPSA) is 58.6 Å². The highest BCUT2D eigenvalue weighted by molar-refractivity contribution is 7.80. The molecule has 1 heterocycles. The molecule has 2 aromatic carbocycles. The van der Waals surface area contributed by atoms with E-state index in [1.807, 2.05) is 0 Å². The Morgan fingerprint density at radius 2 is 1.79 bits per heavy atom. The normalized spacial score (nSPS) is 16.6. The van der Waals surface area contributed by atoms with E-state index < -0.39 is 29.4 Å². The highest BCUT2D eigenvalue weighted by atomic mass is 32.1. The lowest BCUT2D eigenvalue weighted by Gasteiger charge is -2.37. The molecule has 0 radical (unpaired) electrons. The van der Waals surface area contributed by atoms with Crippen molar-refractivity contribution >= 4 is 34.8 Å². The van der Waals surface area contributed by atoms with Gasteiger partial charge in [0, 0.05) is 11.4 Å². The number of ketones is 1. The maximum absolute atomic E-state index is 13.7. The fourth-order valence-electron chi connectivity index (χ4n) is 3.08. The van der Waals surface area contributed by atoms with Crippen molar-refractivity contribution in [1.82, 2.24) is 5.32 Å². The predicted molar refractivity (Wildman–Crippen MR) is 103 cm³/mol. The zero-order valence-electron chi connectivity index (χ0n) is 15.0. The van der Waals surface area contributed by atoms with Gasteiger partial charge in [-0.25, -0.2) is 13.6 Å². The van der Waals surface area contributed by atoms with E-state index >= 15 is 0 Å². The van der Waals surface area contributed by atoms with Gasteiger partial charge in [0.05, 0.1) is 18.7 Å². The van der Waals surface area contributed by atoms with Gasteiger partial charge in [-0.3, -0.25) is 9.69 Å². The Kier molecular flexibility index (Phi) is 5.51. The van der Waals surface area contributed by atoms with E-state index in [2.05, 4.69) is 10.1 Å². The summed E-state index contributed by atoms with van der Waals surface area (Å²) in [7, 11) is 1.10.